The third kappa shape index (κ3) is 4.29. The van der Waals surface area contributed by atoms with Gasteiger partial charge in [0.05, 0.1) is 22.7 Å². The van der Waals surface area contributed by atoms with Gasteiger partial charge in [-0.1, -0.05) is 0 Å². The van der Waals surface area contributed by atoms with Crippen molar-refractivity contribution in [1.82, 2.24) is 20.3 Å². The Balaban J connectivity index is 2.09. The van der Waals surface area contributed by atoms with Gasteiger partial charge in [-0.05, 0) is 33.8 Å². The third-order valence-corrected chi connectivity index (χ3v) is 4.09. The minimum atomic E-state index is -0.222. The average Bonchev–Trinajstić information content (AvgIpc) is 3.08. The van der Waals surface area contributed by atoms with Crippen molar-refractivity contribution in [2.24, 2.45) is 0 Å². The van der Waals surface area contributed by atoms with E-state index in [2.05, 4.69) is 25.6 Å². The molecule has 2 heterocycles. The molecule has 0 atom stereocenters. The maximum Gasteiger partial charge on any atom is 0.253 e. The molecule has 152 valence electrons. The van der Waals surface area contributed by atoms with Crippen LogP contribution in [0.4, 0.5) is 17.2 Å². The quantitative estimate of drug-likeness (QED) is 0.307. The smallest absolute Gasteiger partial charge is 0.253 e. The number of H-pyrrole nitrogens is 1. The topological polar surface area (TPSA) is 142 Å². The molecule has 0 aliphatic heterocycles. The number of benzene rings is 1. The lowest BCUT2D eigenvalue weighted by Gasteiger charge is -2.17. The van der Waals surface area contributed by atoms with Gasteiger partial charge in [-0.15, -0.1) is 0 Å². The number of nitrogens with one attached hydrogen (secondary N) is 4. The molecule has 9 nitrogen and oxygen atoms in total. The number of carbonyl (C=O) groups excluding carboxylic acids is 1. The Morgan fingerprint density at radius 1 is 1.28 bits per heavy atom. The molecule has 0 saturated carbocycles. The monoisotopic (exact) mass is 395 g/mol. The predicted octanol–water partition coefficient (Wildman–Crippen LogP) is 3.21. The van der Waals surface area contributed by atoms with Crippen LogP contribution in [0.25, 0.3) is 11.0 Å². The number of ether oxygens (including phenoxy) is 1. The molecule has 0 spiro atoms. The van der Waals surface area contributed by atoms with Crippen molar-refractivity contribution < 1.29 is 9.53 Å². The van der Waals surface area contributed by atoms with Crippen LogP contribution in [-0.2, 0) is 0 Å². The average molecular weight is 395 g/mol. The lowest BCUT2D eigenvalue weighted by Crippen LogP contribution is -2.30. The van der Waals surface area contributed by atoms with Crippen LogP contribution in [0.5, 0.6) is 5.75 Å². The maximum absolute atomic E-state index is 12.6. The number of anilines is 3. The highest BCUT2D eigenvalue weighted by atomic mass is 16.5. The summed E-state index contributed by atoms with van der Waals surface area (Å²) in [5, 5.41) is 14.2. The summed E-state index contributed by atoms with van der Waals surface area (Å²) >= 11 is 0. The highest BCUT2D eigenvalue weighted by Gasteiger charge is 2.19. The second-order valence-corrected chi connectivity index (χ2v) is 7.19. The Hall–Kier alpha value is -3.62. The zero-order valence-corrected chi connectivity index (χ0v) is 16.8. The Bertz CT molecular complexity index is 1060. The van der Waals surface area contributed by atoms with Crippen molar-refractivity contribution in [3.8, 4) is 5.75 Å². The van der Waals surface area contributed by atoms with Crippen molar-refractivity contribution in [3.63, 3.8) is 0 Å². The summed E-state index contributed by atoms with van der Waals surface area (Å²) in [6.07, 6.45) is 4.11. The Labute approximate surface area is 168 Å². The number of nitrogen functional groups attached to an aromatic ring is 1. The summed E-state index contributed by atoms with van der Waals surface area (Å²) in [5.74, 6) is 0.748. The standard InChI is InChI=1S/C20H25N7O2/c1-10(2)26-20(28)13-8-23-18-17(13)19(25-9-24-18)27-15-5-12(7-21)14(22)6-16(15)29-11(3)4/h5-11,21H,22H2,1-4H3,(H,26,28)(H2,23,24,25,27). The Morgan fingerprint density at radius 2 is 2.03 bits per heavy atom. The fourth-order valence-corrected chi connectivity index (χ4v) is 2.89. The van der Waals surface area contributed by atoms with Gasteiger partial charge in [0.15, 0.2) is 0 Å². The highest BCUT2D eigenvalue weighted by molar-refractivity contribution is 6.10. The number of aromatic amines is 1. The number of nitrogens with two attached hydrogens (primary N) is 1. The van der Waals surface area contributed by atoms with Gasteiger partial charge in [0.1, 0.15) is 23.5 Å². The van der Waals surface area contributed by atoms with Crippen LogP contribution in [-0.4, -0.2) is 39.2 Å². The van der Waals surface area contributed by atoms with Crippen molar-refractivity contribution in [3.05, 3.63) is 35.8 Å². The maximum atomic E-state index is 12.6. The fourth-order valence-electron chi connectivity index (χ4n) is 2.89. The number of fused-ring (bicyclic) bond motifs is 1. The van der Waals surface area contributed by atoms with E-state index in [4.69, 9.17) is 15.9 Å². The first-order valence-electron chi connectivity index (χ1n) is 9.30. The van der Waals surface area contributed by atoms with Crippen molar-refractivity contribution in [2.75, 3.05) is 11.1 Å². The van der Waals surface area contributed by atoms with Crippen molar-refractivity contribution >= 4 is 40.3 Å². The SMILES string of the molecule is CC(C)NC(=O)c1c[nH]c2ncnc(Nc3cc(C=N)c(N)cc3OC(C)C)c12. The third-order valence-electron chi connectivity index (χ3n) is 4.09. The fraction of sp³-hybridized carbons (Fsp3) is 0.300. The van der Waals surface area contributed by atoms with E-state index in [1.54, 1.807) is 18.3 Å². The van der Waals surface area contributed by atoms with Crippen LogP contribution in [0, 0.1) is 5.41 Å². The summed E-state index contributed by atoms with van der Waals surface area (Å²) in [4.78, 5) is 24.2. The summed E-state index contributed by atoms with van der Waals surface area (Å²) in [6, 6.07) is 3.38. The molecule has 0 saturated heterocycles. The number of amides is 1. The first kappa shape index (κ1) is 20.1. The van der Waals surface area contributed by atoms with Gasteiger partial charge in [-0.3, -0.25) is 4.79 Å². The van der Waals surface area contributed by atoms with E-state index < -0.39 is 0 Å². The minimum absolute atomic E-state index is 0.00761. The normalized spacial score (nSPS) is 11.1. The lowest BCUT2D eigenvalue weighted by molar-refractivity contribution is 0.0945. The molecule has 0 bridgehead atoms. The summed E-state index contributed by atoms with van der Waals surface area (Å²) in [6.45, 7) is 7.61. The molecule has 3 rings (SSSR count). The van der Waals surface area contributed by atoms with Crippen LogP contribution in [0.15, 0.2) is 24.7 Å². The van der Waals surface area contributed by atoms with Gasteiger partial charge in [0.25, 0.3) is 5.91 Å². The summed E-state index contributed by atoms with van der Waals surface area (Å²) in [7, 11) is 0. The molecule has 0 fully saturated rings. The molecule has 2 aromatic heterocycles. The number of aromatic nitrogens is 3. The zero-order chi connectivity index (χ0) is 21.1. The van der Waals surface area contributed by atoms with E-state index in [-0.39, 0.29) is 18.1 Å². The van der Waals surface area contributed by atoms with Gasteiger partial charge < -0.3 is 31.5 Å². The predicted molar refractivity (Wildman–Crippen MR) is 114 cm³/mol. The molecule has 0 aliphatic carbocycles. The van der Waals surface area contributed by atoms with E-state index in [1.807, 2.05) is 27.7 Å². The van der Waals surface area contributed by atoms with Crippen LogP contribution in [0.2, 0.25) is 0 Å². The molecule has 29 heavy (non-hydrogen) atoms. The van der Waals surface area contributed by atoms with Crippen molar-refractivity contribution in [1.29, 1.82) is 5.41 Å². The van der Waals surface area contributed by atoms with Gasteiger partial charge in [0, 0.05) is 35.8 Å². The summed E-state index contributed by atoms with van der Waals surface area (Å²) in [5.41, 5.74) is 8.55. The minimum Gasteiger partial charge on any atom is -0.489 e. The molecular formula is C20H25N7O2. The molecule has 6 N–H and O–H groups in total. The number of hydrogen-bond donors (Lipinski definition) is 5. The van der Waals surface area contributed by atoms with E-state index in [9.17, 15) is 4.79 Å². The Kier molecular flexibility index (Phi) is 5.67. The van der Waals surface area contributed by atoms with E-state index >= 15 is 0 Å². The molecule has 0 radical (unpaired) electrons. The van der Waals surface area contributed by atoms with E-state index in [0.717, 1.165) is 0 Å². The Morgan fingerprint density at radius 3 is 2.69 bits per heavy atom. The van der Waals surface area contributed by atoms with Crippen LogP contribution in [0.3, 0.4) is 0 Å². The summed E-state index contributed by atoms with van der Waals surface area (Å²) < 4.78 is 5.87. The van der Waals surface area contributed by atoms with E-state index in [0.29, 0.717) is 45.1 Å². The van der Waals surface area contributed by atoms with Crippen LogP contribution < -0.4 is 21.1 Å². The van der Waals surface area contributed by atoms with Gasteiger partial charge >= 0.3 is 0 Å². The van der Waals surface area contributed by atoms with Gasteiger partial charge in [-0.2, -0.15) is 0 Å². The van der Waals surface area contributed by atoms with E-state index in [1.165, 1.54) is 12.5 Å². The molecule has 0 aliphatic rings. The molecule has 1 aromatic carbocycles. The van der Waals surface area contributed by atoms with Crippen molar-refractivity contribution in [2.45, 2.75) is 39.8 Å². The highest BCUT2D eigenvalue weighted by Crippen LogP contribution is 2.34. The molecule has 1 amide bonds. The first-order chi connectivity index (χ1) is 13.8. The van der Waals surface area contributed by atoms with Gasteiger partial charge in [-0.25, -0.2) is 9.97 Å². The molecular weight excluding hydrogens is 370 g/mol. The number of nitrogens with zero attached hydrogens (tertiary/aromatic N) is 2. The lowest BCUT2D eigenvalue weighted by atomic mass is 10.1. The molecule has 9 heteroatoms. The zero-order valence-electron chi connectivity index (χ0n) is 16.8. The second-order valence-electron chi connectivity index (χ2n) is 7.19. The first-order valence-corrected chi connectivity index (χ1v) is 9.30. The second kappa shape index (κ2) is 8.17. The van der Waals surface area contributed by atoms with Crippen LogP contribution in [0.1, 0.15) is 43.6 Å². The largest absolute Gasteiger partial charge is 0.489 e. The van der Waals surface area contributed by atoms with Crippen LogP contribution >= 0.6 is 0 Å². The number of hydrogen-bond acceptors (Lipinski definition) is 7. The van der Waals surface area contributed by atoms with Gasteiger partial charge in [0.2, 0.25) is 0 Å². The number of rotatable bonds is 7. The number of carbonyl (C=O) groups is 1. The molecule has 0 unspecified atom stereocenters. The molecule has 3 aromatic rings.